The van der Waals surface area contributed by atoms with Gasteiger partial charge in [0.05, 0.1) is 18.4 Å². The summed E-state index contributed by atoms with van der Waals surface area (Å²) in [5.74, 6) is -1.11. The van der Waals surface area contributed by atoms with Crippen LogP contribution in [0.5, 0.6) is 0 Å². The summed E-state index contributed by atoms with van der Waals surface area (Å²) in [5, 5.41) is 0.220. The molecule has 0 saturated carbocycles. The number of benzene rings is 2. The fourth-order valence-electron chi connectivity index (χ4n) is 4.24. The molecule has 1 amide bonds. The van der Waals surface area contributed by atoms with Crippen LogP contribution >= 0.6 is 0 Å². The Kier molecular flexibility index (Phi) is 6.47. The van der Waals surface area contributed by atoms with E-state index >= 15 is 0 Å². The number of hydrogen-bond acceptors (Lipinski definition) is 5. The van der Waals surface area contributed by atoms with Gasteiger partial charge in [0, 0.05) is 13.2 Å². The van der Waals surface area contributed by atoms with Crippen molar-refractivity contribution in [3.05, 3.63) is 112 Å². The van der Waals surface area contributed by atoms with Crippen molar-refractivity contribution in [2.24, 2.45) is 12.0 Å². The lowest BCUT2D eigenvalue weighted by Crippen LogP contribution is -2.31. The highest BCUT2D eigenvalue weighted by atomic mass is 16.5. The molecular weight excluding hydrogens is 468 g/mol. The molecule has 0 saturated heterocycles. The van der Waals surface area contributed by atoms with Crippen molar-refractivity contribution in [3.63, 3.8) is 0 Å². The molecule has 3 heterocycles. The average molecular weight is 493 g/mol. The molecule has 37 heavy (non-hydrogen) atoms. The van der Waals surface area contributed by atoms with Gasteiger partial charge in [-0.3, -0.25) is 14.0 Å². The summed E-state index contributed by atoms with van der Waals surface area (Å²) >= 11 is 0. The van der Waals surface area contributed by atoms with Gasteiger partial charge >= 0.3 is 5.97 Å². The number of carbonyl (C=O) groups excluding carboxylic acids is 2. The summed E-state index contributed by atoms with van der Waals surface area (Å²) in [4.78, 5) is 47.8. The van der Waals surface area contributed by atoms with Crippen molar-refractivity contribution in [1.29, 1.82) is 0 Å². The summed E-state index contributed by atoms with van der Waals surface area (Å²) in [5.41, 5.74) is 3.45. The van der Waals surface area contributed by atoms with Crippen LogP contribution < -0.4 is 11.0 Å². The van der Waals surface area contributed by atoms with Crippen molar-refractivity contribution in [1.82, 2.24) is 14.0 Å². The Morgan fingerprint density at radius 3 is 2.38 bits per heavy atom. The lowest BCUT2D eigenvalue weighted by atomic mass is 10.0. The van der Waals surface area contributed by atoms with Crippen molar-refractivity contribution in [2.75, 3.05) is 6.61 Å². The van der Waals surface area contributed by atoms with Crippen molar-refractivity contribution in [2.45, 2.75) is 13.3 Å². The van der Waals surface area contributed by atoms with E-state index in [4.69, 9.17) is 4.74 Å². The first-order valence-electron chi connectivity index (χ1n) is 11.9. The SMILES string of the molecule is CCOC(=O)c1cc2c(=O)n3ccccc3nc2n(C)c1=NC(=O)Cc1ccc(-c2ccccc2)cc1. The number of fused-ring (bicyclic) bond motifs is 2. The predicted molar refractivity (Wildman–Crippen MR) is 140 cm³/mol. The zero-order chi connectivity index (χ0) is 25.9. The van der Waals surface area contributed by atoms with Gasteiger partial charge in [0.15, 0.2) is 5.49 Å². The number of rotatable bonds is 5. The minimum absolute atomic E-state index is 0.0272. The Bertz CT molecular complexity index is 1770. The molecule has 5 aromatic rings. The Morgan fingerprint density at radius 2 is 1.65 bits per heavy atom. The molecule has 0 aliphatic carbocycles. The van der Waals surface area contributed by atoms with Gasteiger partial charge in [0.25, 0.3) is 11.5 Å². The molecule has 0 bridgehead atoms. The van der Waals surface area contributed by atoms with E-state index in [-0.39, 0.29) is 35.0 Å². The molecule has 0 radical (unpaired) electrons. The highest BCUT2D eigenvalue weighted by Gasteiger charge is 2.18. The number of esters is 1. The second-order valence-corrected chi connectivity index (χ2v) is 8.49. The Labute approximate surface area is 212 Å². The Hall–Kier alpha value is -4.85. The quantitative estimate of drug-likeness (QED) is 0.275. The van der Waals surface area contributed by atoms with Crippen molar-refractivity contribution < 1.29 is 14.3 Å². The molecule has 3 aromatic heterocycles. The number of nitrogens with zero attached hydrogens (tertiary/aromatic N) is 4. The average Bonchev–Trinajstić information content (AvgIpc) is 2.92. The van der Waals surface area contributed by atoms with Crippen LogP contribution in [0.25, 0.3) is 27.8 Å². The molecule has 0 fully saturated rings. The molecule has 5 rings (SSSR count). The number of aryl methyl sites for hydroxylation is 1. The second-order valence-electron chi connectivity index (χ2n) is 8.49. The zero-order valence-corrected chi connectivity index (χ0v) is 20.4. The van der Waals surface area contributed by atoms with Gasteiger partial charge in [0.2, 0.25) is 0 Å². The summed E-state index contributed by atoms with van der Waals surface area (Å²) in [6, 6.07) is 24.3. The molecule has 0 N–H and O–H groups in total. The van der Waals surface area contributed by atoms with Gasteiger partial charge in [-0.2, -0.15) is 4.99 Å². The van der Waals surface area contributed by atoms with E-state index in [1.165, 1.54) is 15.0 Å². The van der Waals surface area contributed by atoms with E-state index in [0.29, 0.717) is 11.3 Å². The van der Waals surface area contributed by atoms with Crippen LogP contribution in [0.1, 0.15) is 22.8 Å². The molecule has 8 nitrogen and oxygen atoms in total. The van der Waals surface area contributed by atoms with E-state index in [0.717, 1.165) is 16.7 Å². The lowest BCUT2D eigenvalue weighted by molar-refractivity contribution is -0.117. The minimum atomic E-state index is -0.670. The van der Waals surface area contributed by atoms with Gasteiger partial charge in [-0.15, -0.1) is 0 Å². The van der Waals surface area contributed by atoms with E-state index in [1.807, 2.05) is 54.6 Å². The standard InChI is InChI=1S/C29H24N4O4/c1-3-37-29(36)23-18-22-26(30-24-11-7-8-16-33(24)28(22)35)32(2)27(23)31-25(34)17-19-12-14-21(15-13-19)20-9-5-4-6-10-20/h4-16,18H,3,17H2,1-2H3. The monoisotopic (exact) mass is 492 g/mol. The first-order valence-corrected chi connectivity index (χ1v) is 11.9. The third-order valence-electron chi connectivity index (χ3n) is 6.06. The highest BCUT2D eigenvalue weighted by Crippen LogP contribution is 2.19. The van der Waals surface area contributed by atoms with Crippen LogP contribution in [0.4, 0.5) is 0 Å². The van der Waals surface area contributed by atoms with Crippen LogP contribution in [-0.4, -0.2) is 32.4 Å². The minimum Gasteiger partial charge on any atom is -0.462 e. The highest BCUT2D eigenvalue weighted by molar-refractivity contribution is 5.93. The van der Waals surface area contributed by atoms with E-state index in [9.17, 15) is 14.4 Å². The smallest absolute Gasteiger partial charge is 0.341 e. The third kappa shape index (κ3) is 4.69. The third-order valence-corrected chi connectivity index (χ3v) is 6.06. The first kappa shape index (κ1) is 23.9. The van der Waals surface area contributed by atoms with Crippen molar-refractivity contribution in [3.8, 4) is 11.1 Å². The number of amides is 1. The molecule has 0 unspecified atom stereocenters. The summed E-state index contributed by atoms with van der Waals surface area (Å²) in [6.07, 6.45) is 1.65. The summed E-state index contributed by atoms with van der Waals surface area (Å²) in [6.45, 7) is 1.82. The maximum absolute atomic E-state index is 13.1. The van der Waals surface area contributed by atoms with Gasteiger partial charge < -0.3 is 9.30 Å². The predicted octanol–water partition coefficient (Wildman–Crippen LogP) is 3.70. The van der Waals surface area contributed by atoms with E-state index in [2.05, 4.69) is 9.98 Å². The maximum Gasteiger partial charge on any atom is 0.341 e. The number of pyridine rings is 2. The Morgan fingerprint density at radius 1 is 0.946 bits per heavy atom. The van der Waals surface area contributed by atoms with Crippen LogP contribution in [0.15, 0.2) is 94.8 Å². The second kappa shape index (κ2) is 10.0. The zero-order valence-electron chi connectivity index (χ0n) is 20.4. The maximum atomic E-state index is 13.1. The van der Waals surface area contributed by atoms with Crippen molar-refractivity contribution >= 4 is 28.6 Å². The van der Waals surface area contributed by atoms with Crippen LogP contribution in [0, 0.1) is 0 Å². The van der Waals surface area contributed by atoms with E-state index < -0.39 is 11.9 Å². The van der Waals surface area contributed by atoms with Gasteiger partial charge in [-0.1, -0.05) is 60.7 Å². The number of aromatic nitrogens is 3. The molecule has 8 heteroatoms. The first-order chi connectivity index (χ1) is 18.0. The van der Waals surface area contributed by atoms with E-state index in [1.54, 1.807) is 38.4 Å². The topological polar surface area (TPSA) is 95.0 Å². The summed E-state index contributed by atoms with van der Waals surface area (Å²) < 4.78 is 8.10. The van der Waals surface area contributed by atoms with Crippen LogP contribution in [0.3, 0.4) is 0 Å². The summed E-state index contributed by atoms with van der Waals surface area (Å²) in [7, 11) is 1.62. The normalized spacial score (nSPS) is 11.7. The lowest BCUT2D eigenvalue weighted by Gasteiger charge is -2.11. The van der Waals surface area contributed by atoms with Crippen LogP contribution in [0.2, 0.25) is 0 Å². The molecule has 0 aliphatic heterocycles. The van der Waals surface area contributed by atoms with Gasteiger partial charge in [0.1, 0.15) is 16.9 Å². The number of hydrogen-bond donors (Lipinski definition) is 0. The fourth-order valence-corrected chi connectivity index (χ4v) is 4.24. The molecule has 0 spiro atoms. The molecular formula is C29H24N4O4. The molecule has 184 valence electrons. The largest absolute Gasteiger partial charge is 0.462 e. The van der Waals surface area contributed by atoms with Crippen LogP contribution in [-0.2, 0) is 23.0 Å². The van der Waals surface area contributed by atoms with Gasteiger partial charge in [-0.05, 0) is 41.8 Å². The number of carbonyl (C=O) groups is 2. The molecule has 0 aliphatic rings. The number of ether oxygens (including phenoxy) is 1. The molecule has 0 atom stereocenters. The van der Waals surface area contributed by atoms with Gasteiger partial charge in [-0.25, -0.2) is 9.78 Å². The fraction of sp³-hybridized carbons (Fsp3) is 0.138. The molecule has 2 aromatic carbocycles. The Balaban J connectivity index is 1.58.